The summed E-state index contributed by atoms with van der Waals surface area (Å²) in [5.74, 6) is 0.610. The van der Waals surface area contributed by atoms with E-state index < -0.39 is 10.2 Å². The molecule has 116 valence electrons. The number of para-hydroxylation sites is 1. The summed E-state index contributed by atoms with van der Waals surface area (Å²) in [5, 5.41) is 0. The summed E-state index contributed by atoms with van der Waals surface area (Å²) in [6.45, 7) is 3.88. The molecule has 1 unspecified atom stereocenters. The summed E-state index contributed by atoms with van der Waals surface area (Å²) in [7, 11) is -3.43. The van der Waals surface area contributed by atoms with Gasteiger partial charge in [0.05, 0.1) is 5.69 Å². The van der Waals surface area contributed by atoms with Crippen molar-refractivity contribution in [1.82, 2.24) is 4.31 Å². The molecule has 6 heteroatoms. The highest BCUT2D eigenvalue weighted by Crippen LogP contribution is 2.35. The predicted molar refractivity (Wildman–Crippen MR) is 84.2 cm³/mol. The molecule has 0 aliphatic carbocycles. The van der Waals surface area contributed by atoms with Gasteiger partial charge in [-0.1, -0.05) is 25.1 Å². The monoisotopic (exact) mass is 309 g/mol. The van der Waals surface area contributed by atoms with Crippen LogP contribution in [0.15, 0.2) is 24.3 Å². The number of fused-ring (bicyclic) bond motifs is 1. The predicted octanol–water partition coefficient (Wildman–Crippen LogP) is 1.87. The van der Waals surface area contributed by atoms with Gasteiger partial charge in [0.25, 0.3) is 0 Å². The Morgan fingerprint density at radius 1 is 1.10 bits per heavy atom. The maximum Gasteiger partial charge on any atom is 0.304 e. The minimum atomic E-state index is -3.43. The Morgan fingerprint density at radius 2 is 1.76 bits per heavy atom. The molecular formula is C15H23N3O2S. The minimum absolute atomic E-state index is 0.0750. The van der Waals surface area contributed by atoms with E-state index in [1.807, 2.05) is 24.3 Å². The van der Waals surface area contributed by atoms with Gasteiger partial charge in [-0.05, 0) is 36.8 Å². The third-order valence-corrected chi connectivity index (χ3v) is 6.55. The van der Waals surface area contributed by atoms with Crippen LogP contribution >= 0.6 is 0 Å². The molecule has 1 fully saturated rings. The van der Waals surface area contributed by atoms with Gasteiger partial charge in [0, 0.05) is 25.7 Å². The lowest BCUT2D eigenvalue weighted by atomic mass is 9.99. The van der Waals surface area contributed by atoms with Gasteiger partial charge in [0.1, 0.15) is 0 Å². The lowest BCUT2D eigenvalue weighted by Gasteiger charge is -2.38. The zero-order valence-corrected chi connectivity index (χ0v) is 13.2. The van der Waals surface area contributed by atoms with Gasteiger partial charge < -0.3 is 5.73 Å². The highest BCUT2D eigenvalue weighted by atomic mass is 32.2. The van der Waals surface area contributed by atoms with Crippen LogP contribution in [-0.4, -0.2) is 32.4 Å². The Labute approximate surface area is 126 Å². The SMILES string of the molecule is CC1CCN(S(=O)(=O)N2CCC(N)c3ccccc32)CC1. The summed E-state index contributed by atoms with van der Waals surface area (Å²) in [5.41, 5.74) is 7.79. The first kappa shape index (κ1) is 14.8. The number of hydrogen-bond acceptors (Lipinski definition) is 3. The standard InChI is InChI=1S/C15H23N3O2S/c1-12-6-9-17(10-7-12)21(19,20)18-11-8-14(16)13-4-2-3-5-15(13)18/h2-5,12,14H,6-11,16H2,1H3. The fourth-order valence-electron chi connectivity index (χ4n) is 3.16. The molecule has 0 bridgehead atoms. The van der Waals surface area contributed by atoms with Crippen molar-refractivity contribution in [2.45, 2.75) is 32.2 Å². The van der Waals surface area contributed by atoms with Crippen LogP contribution in [0, 0.1) is 5.92 Å². The molecule has 3 rings (SSSR count). The highest BCUT2D eigenvalue weighted by molar-refractivity contribution is 7.90. The molecule has 0 saturated carbocycles. The second-order valence-electron chi connectivity index (χ2n) is 6.12. The van der Waals surface area contributed by atoms with Crippen LogP contribution in [0.2, 0.25) is 0 Å². The van der Waals surface area contributed by atoms with Crippen LogP contribution in [0.5, 0.6) is 0 Å². The molecule has 2 heterocycles. The number of piperidine rings is 1. The van der Waals surface area contributed by atoms with Gasteiger partial charge in [0.15, 0.2) is 0 Å². The Balaban J connectivity index is 1.91. The van der Waals surface area contributed by atoms with E-state index in [1.54, 1.807) is 8.61 Å². The van der Waals surface area contributed by atoms with Crippen molar-refractivity contribution in [3.05, 3.63) is 29.8 Å². The van der Waals surface area contributed by atoms with E-state index in [-0.39, 0.29) is 6.04 Å². The van der Waals surface area contributed by atoms with E-state index >= 15 is 0 Å². The number of nitrogens with zero attached hydrogens (tertiary/aromatic N) is 2. The number of benzene rings is 1. The fourth-order valence-corrected chi connectivity index (χ4v) is 4.86. The van der Waals surface area contributed by atoms with E-state index in [2.05, 4.69) is 6.92 Å². The Morgan fingerprint density at radius 3 is 2.48 bits per heavy atom. The van der Waals surface area contributed by atoms with Crippen LogP contribution in [0.3, 0.4) is 0 Å². The molecule has 21 heavy (non-hydrogen) atoms. The van der Waals surface area contributed by atoms with Gasteiger partial charge in [-0.3, -0.25) is 4.31 Å². The third-order valence-electron chi connectivity index (χ3n) is 4.60. The van der Waals surface area contributed by atoms with Crippen molar-refractivity contribution in [2.24, 2.45) is 11.7 Å². The van der Waals surface area contributed by atoms with E-state index in [4.69, 9.17) is 5.73 Å². The number of nitrogens with two attached hydrogens (primary N) is 1. The van der Waals surface area contributed by atoms with Gasteiger partial charge in [-0.15, -0.1) is 0 Å². The summed E-state index contributed by atoms with van der Waals surface area (Å²) in [6.07, 6.45) is 2.54. The van der Waals surface area contributed by atoms with Crippen molar-refractivity contribution in [3.8, 4) is 0 Å². The minimum Gasteiger partial charge on any atom is -0.324 e. The zero-order valence-electron chi connectivity index (χ0n) is 12.4. The molecular weight excluding hydrogens is 286 g/mol. The molecule has 0 spiro atoms. The summed E-state index contributed by atoms with van der Waals surface area (Å²) >= 11 is 0. The molecule has 1 aromatic carbocycles. The topological polar surface area (TPSA) is 66.6 Å². The Bertz CT molecular complexity index is 609. The average Bonchev–Trinajstić information content (AvgIpc) is 2.48. The largest absolute Gasteiger partial charge is 0.324 e. The lowest BCUT2D eigenvalue weighted by molar-refractivity contribution is 0.287. The Kier molecular flexibility index (Phi) is 3.94. The van der Waals surface area contributed by atoms with Crippen molar-refractivity contribution >= 4 is 15.9 Å². The quantitative estimate of drug-likeness (QED) is 0.907. The van der Waals surface area contributed by atoms with Crippen LogP contribution in [0.1, 0.15) is 37.8 Å². The lowest BCUT2D eigenvalue weighted by Crippen LogP contribution is -2.49. The van der Waals surface area contributed by atoms with Crippen LogP contribution in [0.25, 0.3) is 0 Å². The summed E-state index contributed by atoms with van der Waals surface area (Å²) in [6, 6.07) is 7.50. The highest BCUT2D eigenvalue weighted by Gasteiger charge is 2.35. The van der Waals surface area contributed by atoms with E-state index in [9.17, 15) is 8.42 Å². The molecule has 1 saturated heterocycles. The molecule has 2 N–H and O–H groups in total. The number of rotatable bonds is 2. The molecule has 0 amide bonds. The molecule has 0 aromatic heterocycles. The first-order valence-corrected chi connectivity index (χ1v) is 9.02. The molecule has 5 nitrogen and oxygen atoms in total. The maximum absolute atomic E-state index is 12.9. The van der Waals surface area contributed by atoms with Crippen molar-refractivity contribution in [1.29, 1.82) is 0 Å². The summed E-state index contributed by atoms with van der Waals surface area (Å²) < 4.78 is 29.0. The first-order valence-electron chi connectivity index (χ1n) is 7.62. The van der Waals surface area contributed by atoms with Crippen LogP contribution in [-0.2, 0) is 10.2 Å². The summed E-state index contributed by atoms with van der Waals surface area (Å²) in [4.78, 5) is 0. The third kappa shape index (κ3) is 2.67. The van der Waals surface area contributed by atoms with Gasteiger partial charge >= 0.3 is 10.2 Å². The number of hydrogen-bond donors (Lipinski definition) is 1. The van der Waals surface area contributed by atoms with Gasteiger partial charge in [-0.25, -0.2) is 0 Å². The molecule has 2 aliphatic rings. The first-order chi connectivity index (χ1) is 10.00. The van der Waals surface area contributed by atoms with E-state index in [0.29, 0.717) is 32.0 Å². The van der Waals surface area contributed by atoms with Gasteiger partial charge in [-0.2, -0.15) is 12.7 Å². The number of anilines is 1. The second kappa shape index (κ2) is 5.59. The normalized spacial score (nSPS) is 24.9. The maximum atomic E-state index is 12.9. The van der Waals surface area contributed by atoms with Crippen molar-refractivity contribution in [2.75, 3.05) is 23.9 Å². The van der Waals surface area contributed by atoms with E-state index in [1.165, 1.54) is 0 Å². The molecule has 1 aromatic rings. The van der Waals surface area contributed by atoms with Gasteiger partial charge in [0.2, 0.25) is 0 Å². The zero-order chi connectivity index (χ0) is 15.0. The Hall–Kier alpha value is -1.11. The van der Waals surface area contributed by atoms with Crippen LogP contribution < -0.4 is 10.0 Å². The molecule has 2 aliphatic heterocycles. The van der Waals surface area contributed by atoms with Crippen molar-refractivity contribution in [3.63, 3.8) is 0 Å². The average molecular weight is 309 g/mol. The van der Waals surface area contributed by atoms with Crippen LogP contribution in [0.4, 0.5) is 5.69 Å². The smallest absolute Gasteiger partial charge is 0.304 e. The fraction of sp³-hybridized carbons (Fsp3) is 0.600. The second-order valence-corrected chi connectivity index (χ2v) is 7.97. The van der Waals surface area contributed by atoms with E-state index in [0.717, 1.165) is 24.1 Å². The molecule has 1 atom stereocenters. The van der Waals surface area contributed by atoms with Crippen molar-refractivity contribution < 1.29 is 8.42 Å². The molecule has 0 radical (unpaired) electrons.